The zero-order valence-corrected chi connectivity index (χ0v) is 11.5. The summed E-state index contributed by atoms with van der Waals surface area (Å²) in [6.45, 7) is 4.53. The van der Waals surface area contributed by atoms with Crippen LogP contribution >= 0.6 is 11.8 Å². The summed E-state index contributed by atoms with van der Waals surface area (Å²) in [4.78, 5) is 4.37. The third kappa shape index (κ3) is 3.15. The fourth-order valence-corrected chi connectivity index (χ4v) is 2.76. The summed E-state index contributed by atoms with van der Waals surface area (Å²) in [7, 11) is 0. The lowest BCUT2D eigenvalue weighted by Gasteiger charge is -2.13. The number of thioether (sulfide) groups is 1. The number of rotatable bonds is 5. The first-order chi connectivity index (χ1) is 8.70. The number of aryl methyl sites for hydroxylation is 2. The normalized spacial score (nSPS) is 12.6. The van der Waals surface area contributed by atoms with E-state index < -0.39 is 0 Å². The Labute approximate surface area is 112 Å². The monoisotopic (exact) mass is 262 g/mol. The van der Waals surface area contributed by atoms with E-state index in [9.17, 15) is 0 Å². The van der Waals surface area contributed by atoms with Crippen molar-refractivity contribution in [1.29, 1.82) is 0 Å². The number of nitrogens with two attached hydrogens (primary N) is 1. The van der Waals surface area contributed by atoms with Crippen molar-refractivity contribution in [3.63, 3.8) is 0 Å². The molecule has 0 radical (unpaired) electrons. The Balaban J connectivity index is 1.99. The molecule has 2 aromatic rings. The summed E-state index contributed by atoms with van der Waals surface area (Å²) in [5.74, 6) is 2.12. The van der Waals surface area contributed by atoms with E-state index in [2.05, 4.69) is 17.1 Å². The highest BCUT2D eigenvalue weighted by Gasteiger charge is 2.13. The van der Waals surface area contributed by atoms with Gasteiger partial charge in [-0.05, 0) is 26.0 Å². The van der Waals surface area contributed by atoms with Gasteiger partial charge in [0.25, 0.3) is 5.22 Å². The SMILES string of the molecule is Cc1nc(SCC(CN)c2ccccc2)oc1C. The number of oxazole rings is 1. The van der Waals surface area contributed by atoms with E-state index >= 15 is 0 Å². The van der Waals surface area contributed by atoms with Gasteiger partial charge >= 0.3 is 0 Å². The van der Waals surface area contributed by atoms with Crippen LogP contribution in [0.3, 0.4) is 0 Å². The summed E-state index contributed by atoms with van der Waals surface area (Å²) in [5.41, 5.74) is 8.07. The molecule has 0 fully saturated rings. The van der Waals surface area contributed by atoms with E-state index in [1.54, 1.807) is 11.8 Å². The van der Waals surface area contributed by atoms with Crippen LogP contribution in [0.25, 0.3) is 0 Å². The fraction of sp³-hybridized carbons (Fsp3) is 0.357. The molecule has 1 aromatic heterocycles. The standard InChI is InChI=1S/C14H18N2OS/c1-10-11(2)17-14(16-10)18-9-13(8-15)12-6-4-3-5-7-12/h3-7,13H,8-9,15H2,1-2H3. The van der Waals surface area contributed by atoms with Gasteiger partial charge < -0.3 is 10.2 Å². The second kappa shape index (κ2) is 6.07. The van der Waals surface area contributed by atoms with E-state index in [0.717, 1.165) is 22.4 Å². The third-order valence-electron chi connectivity index (χ3n) is 2.97. The van der Waals surface area contributed by atoms with Crippen LogP contribution in [0.2, 0.25) is 0 Å². The van der Waals surface area contributed by atoms with Gasteiger partial charge in [-0.15, -0.1) is 0 Å². The van der Waals surface area contributed by atoms with E-state index in [1.807, 2.05) is 32.0 Å². The van der Waals surface area contributed by atoms with Crippen molar-refractivity contribution in [2.75, 3.05) is 12.3 Å². The molecule has 0 bridgehead atoms. The predicted octanol–water partition coefficient (Wildman–Crippen LogP) is 3.13. The van der Waals surface area contributed by atoms with Gasteiger partial charge in [0.1, 0.15) is 5.76 Å². The smallest absolute Gasteiger partial charge is 0.256 e. The molecule has 0 aliphatic rings. The molecule has 1 unspecified atom stereocenters. The molecule has 1 aromatic carbocycles. The molecule has 2 N–H and O–H groups in total. The molecule has 2 rings (SSSR count). The maximum absolute atomic E-state index is 5.84. The van der Waals surface area contributed by atoms with Crippen molar-refractivity contribution >= 4 is 11.8 Å². The van der Waals surface area contributed by atoms with Crippen LogP contribution in [-0.4, -0.2) is 17.3 Å². The number of hydrogen-bond acceptors (Lipinski definition) is 4. The van der Waals surface area contributed by atoms with Gasteiger partial charge in [-0.2, -0.15) is 0 Å². The maximum atomic E-state index is 5.84. The Kier molecular flexibility index (Phi) is 4.44. The Bertz CT molecular complexity index is 476. The first-order valence-corrected chi connectivity index (χ1v) is 7.01. The molecule has 1 atom stereocenters. The topological polar surface area (TPSA) is 52.0 Å². The van der Waals surface area contributed by atoms with Crippen LogP contribution in [0, 0.1) is 13.8 Å². The van der Waals surface area contributed by atoms with Gasteiger partial charge in [-0.25, -0.2) is 4.98 Å². The van der Waals surface area contributed by atoms with Gasteiger partial charge in [0.2, 0.25) is 0 Å². The maximum Gasteiger partial charge on any atom is 0.256 e. The summed E-state index contributed by atoms with van der Waals surface area (Å²) in [6, 6.07) is 10.3. The van der Waals surface area contributed by atoms with Crippen LogP contribution in [0.15, 0.2) is 40.0 Å². The molecule has 96 valence electrons. The minimum atomic E-state index is 0.337. The molecule has 0 saturated carbocycles. The number of aromatic nitrogens is 1. The first-order valence-electron chi connectivity index (χ1n) is 6.02. The molecule has 18 heavy (non-hydrogen) atoms. The lowest BCUT2D eigenvalue weighted by Crippen LogP contribution is -2.14. The molecule has 4 heteroatoms. The lowest BCUT2D eigenvalue weighted by molar-refractivity contribution is 0.431. The first kappa shape index (κ1) is 13.2. The van der Waals surface area contributed by atoms with Crippen LogP contribution in [0.5, 0.6) is 0 Å². The van der Waals surface area contributed by atoms with Crippen LogP contribution in [-0.2, 0) is 0 Å². The van der Waals surface area contributed by atoms with Crippen molar-refractivity contribution in [1.82, 2.24) is 4.98 Å². The largest absolute Gasteiger partial charge is 0.437 e. The summed E-state index contributed by atoms with van der Waals surface area (Å²) in [6.07, 6.45) is 0. The lowest BCUT2D eigenvalue weighted by atomic mass is 10.0. The van der Waals surface area contributed by atoms with Gasteiger partial charge in [0.15, 0.2) is 0 Å². The molecule has 0 amide bonds. The molecule has 0 aliphatic carbocycles. The highest BCUT2D eigenvalue weighted by molar-refractivity contribution is 7.99. The Hall–Kier alpha value is -1.26. The average Bonchev–Trinajstić information content (AvgIpc) is 2.71. The third-order valence-corrected chi connectivity index (χ3v) is 3.96. The number of benzene rings is 1. The molecule has 0 spiro atoms. The Morgan fingerprint density at radius 2 is 2.00 bits per heavy atom. The minimum absolute atomic E-state index is 0.337. The molecular formula is C14H18N2OS. The summed E-state index contributed by atoms with van der Waals surface area (Å²) < 4.78 is 5.56. The summed E-state index contributed by atoms with van der Waals surface area (Å²) >= 11 is 1.63. The van der Waals surface area contributed by atoms with Crippen molar-refractivity contribution in [3.8, 4) is 0 Å². The average molecular weight is 262 g/mol. The number of nitrogens with zero attached hydrogens (tertiary/aromatic N) is 1. The summed E-state index contributed by atoms with van der Waals surface area (Å²) in [5, 5.41) is 0.736. The van der Waals surface area contributed by atoms with Crippen LogP contribution in [0.4, 0.5) is 0 Å². The molecular weight excluding hydrogens is 244 g/mol. The predicted molar refractivity (Wildman–Crippen MR) is 74.9 cm³/mol. The Morgan fingerprint density at radius 3 is 2.56 bits per heavy atom. The van der Waals surface area contributed by atoms with Crippen LogP contribution in [0.1, 0.15) is 22.9 Å². The van der Waals surface area contributed by atoms with Gasteiger partial charge in [-0.3, -0.25) is 0 Å². The second-order valence-corrected chi connectivity index (χ2v) is 5.25. The minimum Gasteiger partial charge on any atom is -0.437 e. The van der Waals surface area contributed by atoms with Crippen molar-refractivity contribution in [3.05, 3.63) is 47.3 Å². The zero-order valence-electron chi connectivity index (χ0n) is 10.7. The van der Waals surface area contributed by atoms with Gasteiger partial charge in [0.05, 0.1) is 5.69 Å². The highest BCUT2D eigenvalue weighted by atomic mass is 32.2. The molecule has 0 aliphatic heterocycles. The van der Waals surface area contributed by atoms with Crippen molar-refractivity contribution < 1.29 is 4.42 Å². The zero-order chi connectivity index (χ0) is 13.0. The van der Waals surface area contributed by atoms with E-state index in [-0.39, 0.29) is 0 Å². The highest BCUT2D eigenvalue weighted by Crippen LogP contribution is 2.26. The van der Waals surface area contributed by atoms with Gasteiger partial charge in [-0.1, -0.05) is 42.1 Å². The fourth-order valence-electron chi connectivity index (χ4n) is 1.70. The van der Waals surface area contributed by atoms with Crippen molar-refractivity contribution in [2.24, 2.45) is 5.73 Å². The van der Waals surface area contributed by atoms with Crippen LogP contribution < -0.4 is 5.73 Å². The van der Waals surface area contributed by atoms with E-state index in [4.69, 9.17) is 10.2 Å². The van der Waals surface area contributed by atoms with Gasteiger partial charge in [0, 0.05) is 11.7 Å². The Morgan fingerprint density at radius 1 is 1.28 bits per heavy atom. The second-order valence-electron chi connectivity index (χ2n) is 4.28. The van der Waals surface area contributed by atoms with E-state index in [0.29, 0.717) is 12.5 Å². The molecule has 0 saturated heterocycles. The van der Waals surface area contributed by atoms with E-state index in [1.165, 1.54) is 5.56 Å². The van der Waals surface area contributed by atoms with Crippen molar-refractivity contribution in [2.45, 2.75) is 25.0 Å². The number of hydrogen-bond donors (Lipinski definition) is 1. The molecule has 1 heterocycles. The quantitative estimate of drug-likeness (QED) is 0.841. The molecule has 3 nitrogen and oxygen atoms in total.